The number of rotatable bonds is 9. The molecule has 0 saturated heterocycles. The highest BCUT2D eigenvalue weighted by Crippen LogP contribution is 2.06. The molecule has 0 bridgehead atoms. The minimum Gasteiger partial charge on any atom is -0.336 e. The number of hydrogen-bond acceptors (Lipinski definition) is 2. The normalized spacial score (nSPS) is 14.8. The summed E-state index contributed by atoms with van der Waals surface area (Å²) >= 11 is 0. The Morgan fingerprint density at radius 3 is 2.65 bits per heavy atom. The van der Waals surface area contributed by atoms with Gasteiger partial charge in [0.25, 0.3) is 0 Å². The maximum Gasteiger partial charge on any atom is 0.0946 e. The zero-order valence-corrected chi connectivity index (χ0v) is 11.5. The van der Waals surface area contributed by atoms with Gasteiger partial charge in [-0.3, -0.25) is 0 Å². The Hall–Kier alpha value is -0.830. The van der Waals surface area contributed by atoms with Crippen molar-refractivity contribution in [2.24, 2.45) is 0 Å². The Bertz CT molecular complexity index is 269. The highest BCUT2D eigenvalue weighted by atomic mass is 15.1. The van der Waals surface area contributed by atoms with Crippen molar-refractivity contribution in [3.8, 4) is 0 Å². The molecule has 98 valence electrons. The molecular formula is C14H27N3. The largest absolute Gasteiger partial charge is 0.336 e. The Balaban J connectivity index is 2.10. The number of unbranched alkanes of at least 4 members (excludes halogenated alkanes) is 3. The lowest BCUT2D eigenvalue weighted by Gasteiger charge is -2.20. The van der Waals surface area contributed by atoms with E-state index in [9.17, 15) is 0 Å². The lowest BCUT2D eigenvalue weighted by atomic mass is 10.1. The standard InChI is InChI=1S/C14H27N3/c1-4-5-6-7-8-13(2)16-14(3)11-17-10-9-15-12-17/h9-10,12-14,16H,4-8,11H2,1-3H3. The fourth-order valence-electron chi connectivity index (χ4n) is 2.21. The molecule has 3 heteroatoms. The van der Waals surface area contributed by atoms with Gasteiger partial charge < -0.3 is 9.88 Å². The molecule has 0 radical (unpaired) electrons. The second-order valence-electron chi connectivity index (χ2n) is 5.08. The summed E-state index contributed by atoms with van der Waals surface area (Å²) < 4.78 is 2.13. The van der Waals surface area contributed by atoms with Gasteiger partial charge in [0.1, 0.15) is 0 Å². The van der Waals surface area contributed by atoms with Crippen LogP contribution in [-0.4, -0.2) is 21.6 Å². The molecule has 0 spiro atoms. The van der Waals surface area contributed by atoms with Gasteiger partial charge in [0.05, 0.1) is 6.33 Å². The first kappa shape index (κ1) is 14.2. The molecule has 1 aromatic rings. The fourth-order valence-corrected chi connectivity index (χ4v) is 2.21. The summed E-state index contributed by atoms with van der Waals surface area (Å²) in [5.74, 6) is 0. The van der Waals surface area contributed by atoms with Crippen LogP contribution in [0.25, 0.3) is 0 Å². The van der Waals surface area contributed by atoms with Gasteiger partial charge in [0.15, 0.2) is 0 Å². The van der Waals surface area contributed by atoms with Gasteiger partial charge in [0, 0.05) is 31.0 Å². The zero-order chi connectivity index (χ0) is 12.5. The van der Waals surface area contributed by atoms with E-state index in [0.29, 0.717) is 12.1 Å². The average molecular weight is 237 g/mol. The van der Waals surface area contributed by atoms with Gasteiger partial charge in [-0.05, 0) is 20.3 Å². The molecule has 0 aliphatic heterocycles. The maximum absolute atomic E-state index is 4.06. The highest BCUT2D eigenvalue weighted by Gasteiger charge is 2.07. The van der Waals surface area contributed by atoms with Crippen LogP contribution in [0.3, 0.4) is 0 Å². The molecule has 1 rings (SSSR count). The number of aromatic nitrogens is 2. The van der Waals surface area contributed by atoms with Crippen LogP contribution < -0.4 is 5.32 Å². The van der Waals surface area contributed by atoms with Crippen LogP contribution in [0.15, 0.2) is 18.7 Å². The summed E-state index contributed by atoms with van der Waals surface area (Å²) in [6, 6.07) is 1.12. The van der Waals surface area contributed by atoms with E-state index in [0.717, 1.165) is 6.54 Å². The van der Waals surface area contributed by atoms with Crippen LogP contribution in [0.1, 0.15) is 52.9 Å². The molecular weight excluding hydrogens is 210 g/mol. The summed E-state index contributed by atoms with van der Waals surface area (Å²) in [5.41, 5.74) is 0. The molecule has 1 heterocycles. The number of imidazole rings is 1. The molecule has 1 N–H and O–H groups in total. The summed E-state index contributed by atoms with van der Waals surface area (Å²) in [7, 11) is 0. The van der Waals surface area contributed by atoms with Crippen molar-refractivity contribution in [2.45, 2.75) is 71.5 Å². The quantitative estimate of drug-likeness (QED) is 0.668. The molecule has 2 atom stereocenters. The van der Waals surface area contributed by atoms with Crippen molar-refractivity contribution < 1.29 is 0 Å². The fraction of sp³-hybridized carbons (Fsp3) is 0.786. The summed E-state index contributed by atoms with van der Waals surface area (Å²) in [5, 5.41) is 3.65. The Morgan fingerprint density at radius 1 is 1.18 bits per heavy atom. The first-order valence-corrected chi connectivity index (χ1v) is 6.94. The van der Waals surface area contributed by atoms with Gasteiger partial charge in [-0.2, -0.15) is 0 Å². The minimum atomic E-state index is 0.505. The summed E-state index contributed by atoms with van der Waals surface area (Å²) in [6.45, 7) is 7.78. The van der Waals surface area contributed by atoms with Crippen molar-refractivity contribution in [1.82, 2.24) is 14.9 Å². The van der Waals surface area contributed by atoms with E-state index < -0.39 is 0 Å². The van der Waals surface area contributed by atoms with Crippen LogP contribution in [0, 0.1) is 0 Å². The van der Waals surface area contributed by atoms with Crippen molar-refractivity contribution in [3.63, 3.8) is 0 Å². The molecule has 0 aromatic carbocycles. The van der Waals surface area contributed by atoms with E-state index in [1.165, 1.54) is 32.1 Å². The van der Waals surface area contributed by atoms with Crippen LogP contribution in [0.4, 0.5) is 0 Å². The van der Waals surface area contributed by atoms with Crippen LogP contribution in [0.2, 0.25) is 0 Å². The molecule has 0 fully saturated rings. The van der Waals surface area contributed by atoms with Crippen LogP contribution >= 0.6 is 0 Å². The monoisotopic (exact) mass is 237 g/mol. The average Bonchev–Trinajstić information content (AvgIpc) is 2.77. The first-order chi connectivity index (χ1) is 8.22. The Labute approximate surface area is 106 Å². The Morgan fingerprint density at radius 2 is 2.00 bits per heavy atom. The molecule has 17 heavy (non-hydrogen) atoms. The van der Waals surface area contributed by atoms with Crippen molar-refractivity contribution in [1.29, 1.82) is 0 Å². The van der Waals surface area contributed by atoms with Gasteiger partial charge in [-0.1, -0.05) is 32.6 Å². The predicted molar refractivity (Wildman–Crippen MR) is 73.0 cm³/mol. The Kier molecular flexibility index (Phi) is 6.94. The van der Waals surface area contributed by atoms with E-state index in [-0.39, 0.29) is 0 Å². The summed E-state index contributed by atoms with van der Waals surface area (Å²) in [6.07, 6.45) is 12.4. The molecule has 0 aliphatic rings. The SMILES string of the molecule is CCCCCCC(C)NC(C)Cn1ccnc1. The zero-order valence-electron chi connectivity index (χ0n) is 11.5. The molecule has 0 saturated carbocycles. The molecule has 0 aliphatic carbocycles. The van der Waals surface area contributed by atoms with E-state index in [2.05, 4.69) is 35.6 Å². The van der Waals surface area contributed by atoms with Gasteiger partial charge >= 0.3 is 0 Å². The van der Waals surface area contributed by atoms with E-state index in [1.54, 1.807) is 0 Å². The minimum absolute atomic E-state index is 0.505. The smallest absolute Gasteiger partial charge is 0.0946 e. The summed E-state index contributed by atoms with van der Waals surface area (Å²) in [4.78, 5) is 4.06. The third-order valence-corrected chi connectivity index (χ3v) is 3.10. The maximum atomic E-state index is 4.06. The van der Waals surface area contributed by atoms with E-state index >= 15 is 0 Å². The third-order valence-electron chi connectivity index (χ3n) is 3.10. The molecule has 2 unspecified atom stereocenters. The van der Waals surface area contributed by atoms with Crippen molar-refractivity contribution in [2.75, 3.05) is 0 Å². The lowest BCUT2D eigenvalue weighted by molar-refractivity contribution is 0.398. The number of nitrogens with zero attached hydrogens (tertiary/aromatic N) is 2. The second kappa shape index (κ2) is 8.29. The van der Waals surface area contributed by atoms with Gasteiger partial charge in [0.2, 0.25) is 0 Å². The third kappa shape index (κ3) is 6.47. The van der Waals surface area contributed by atoms with E-state index in [4.69, 9.17) is 0 Å². The predicted octanol–water partition coefficient (Wildman–Crippen LogP) is 3.22. The van der Waals surface area contributed by atoms with E-state index in [1.807, 2.05) is 18.7 Å². The molecule has 0 amide bonds. The van der Waals surface area contributed by atoms with Crippen molar-refractivity contribution in [3.05, 3.63) is 18.7 Å². The van der Waals surface area contributed by atoms with Gasteiger partial charge in [-0.25, -0.2) is 4.98 Å². The molecule has 3 nitrogen and oxygen atoms in total. The second-order valence-corrected chi connectivity index (χ2v) is 5.08. The van der Waals surface area contributed by atoms with Crippen LogP contribution in [0.5, 0.6) is 0 Å². The lowest BCUT2D eigenvalue weighted by Crippen LogP contribution is -2.37. The first-order valence-electron chi connectivity index (χ1n) is 6.94. The number of hydrogen-bond donors (Lipinski definition) is 1. The highest BCUT2D eigenvalue weighted by molar-refractivity contribution is 4.77. The topological polar surface area (TPSA) is 29.9 Å². The van der Waals surface area contributed by atoms with Gasteiger partial charge in [-0.15, -0.1) is 0 Å². The van der Waals surface area contributed by atoms with Crippen LogP contribution in [-0.2, 0) is 6.54 Å². The van der Waals surface area contributed by atoms with Crippen molar-refractivity contribution >= 4 is 0 Å². The molecule has 1 aromatic heterocycles. The number of nitrogens with one attached hydrogen (secondary N) is 1.